The van der Waals surface area contributed by atoms with Crippen LogP contribution in [0.15, 0.2) is 24.3 Å². The van der Waals surface area contributed by atoms with E-state index >= 15 is 0 Å². The number of carbonyl (C=O) groups is 2. The Morgan fingerprint density at radius 3 is 2.67 bits per heavy atom. The average Bonchev–Trinajstić information content (AvgIpc) is 2.65. The second kappa shape index (κ2) is 9.74. The zero-order valence-corrected chi connectivity index (χ0v) is 16.4. The van der Waals surface area contributed by atoms with Crippen molar-refractivity contribution in [3.8, 4) is 0 Å². The average molecular weight is 379 g/mol. The second-order valence-corrected chi connectivity index (χ2v) is 7.91. The molecular weight excluding hydrogens is 344 g/mol. The summed E-state index contributed by atoms with van der Waals surface area (Å²) in [4.78, 5) is 24.2. The molecule has 0 radical (unpaired) electrons. The zero-order chi connectivity index (χ0) is 21.7. The second-order valence-electron chi connectivity index (χ2n) is 7.91. The van der Waals surface area contributed by atoms with Crippen LogP contribution in [0.5, 0.6) is 0 Å². The molecule has 150 valence electrons. The van der Waals surface area contributed by atoms with Gasteiger partial charge in [0.15, 0.2) is 0 Å². The van der Waals surface area contributed by atoms with Crippen molar-refractivity contribution in [3.63, 3.8) is 0 Å². The van der Waals surface area contributed by atoms with Gasteiger partial charge >= 0.3 is 6.09 Å². The Labute approximate surface area is 164 Å². The summed E-state index contributed by atoms with van der Waals surface area (Å²) in [5.41, 5.74) is 0.149. The topological polar surface area (TPSA) is 87.7 Å². The van der Waals surface area contributed by atoms with Crippen molar-refractivity contribution < 1.29 is 22.2 Å². The first-order valence-corrected chi connectivity index (χ1v) is 9.54. The molecule has 1 aromatic rings. The summed E-state index contributed by atoms with van der Waals surface area (Å²) < 4.78 is 21.3. The van der Waals surface area contributed by atoms with E-state index in [0.717, 1.165) is 32.1 Å². The van der Waals surface area contributed by atoms with E-state index in [1.807, 2.05) is 0 Å². The molecule has 6 nitrogen and oxygen atoms in total. The van der Waals surface area contributed by atoms with Crippen molar-refractivity contribution in [1.29, 1.82) is 0 Å². The van der Waals surface area contributed by atoms with Crippen LogP contribution in [0.4, 0.5) is 10.5 Å². The fraction of sp³-hybridized carbons (Fsp3) is 0.619. The number of aliphatic hydroxyl groups excluding tert-OH is 1. The van der Waals surface area contributed by atoms with E-state index in [0.29, 0.717) is 11.3 Å². The molecule has 1 aliphatic carbocycles. The van der Waals surface area contributed by atoms with Gasteiger partial charge in [0.25, 0.3) is 0 Å². The number of rotatable bonds is 6. The molecule has 1 aliphatic rings. The molecule has 1 fully saturated rings. The highest BCUT2D eigenvalue weighted by atomic mass is 16.6. The Morgan fingerprint density at radius 2 is 2.00 bits per heavy atom. The molecule has 0 bridgehead atoms. The van der Waals surface area contributed by atoms with Gasteiger partial charge in [0.05, 0.1) is 6.10 Å². The van der Waals surface area contributed by atoms with Gasteiger partial charge in [-0.3, -0.25) is 4.79 Å². The number of anilines is 1. The summed E-state index contributed by atoms with van der Waals surface area (Å²) in [6, 6.07) is 6.53. The molecule has 1 aromatic carbocycles. The van der Waals surface area contributed by atoms with Gasteiger partial charge in [0, 0.05) is 20.9 Å². The smallest absolute Gasteiger partial charge is 0.407 e. The molecule has 0 saturated heterocycles. The van der Waals surface area contributed by atoms with Crippen LogP contribution in [0.25, 0.3) is 0 Å². The summed E-state index contributed by atoms with van der Waals surface area (Å²) in [5, 5.41) is 15.7. The van der Waals surface area contributed by atoms with Crippen LogP contribution in [0, 0.1) is 5.92 Å². The lowest BCUT2D eigenvalue weighted by Gasteiger charge is -2.21. The Hall–Kier alpha value is -2.08. The molecule has 27 heavy (non-hydrogen) atoms. The van der Waals surface area contributed by atoms with Gasteiger partial charge in [-0.25, -0.2) is 4.79 Å². The lowest BCUT2D eigenvalue weighted by atomic mass is 9.88. The minimum atomic E-state index is -2.12. The molecule has 0 aromatic heterocycles. The number of nitrogens with one attached hydrogen (secondary N) is 2. The first kappa shape index (κ1) is 18.3. The van der Waals surface area contributed by atoms with Crippen LogP contribution in [0.1, 0.15) is 73.7 Å². The first-order valence-electron chi connectivity index (χ1n) is 10.5. The standard InChI is InChI=1S/C21H32N2O4/c1-21(2,3)27-20(26)22-13-12-18(24)16-10-7-11-17(14-16)23-19(25)15-8-5-4-6-9-15/h7,10-11,14-15,18,24H,4-6,8-9,12-13H2,1-3H3,(H,22,26)(H,23,25)/i12D2. The van der Waals surface area contributed by atoms with Crippen molar-refractivity contribution in [3.05, 3.63) is 29.8 Å². The molecule has 0 aliphatic heterocycles. The van der Waals surface area contributed by atoms with Gasteiger partial charge in [-0.15, -0.1) is 0 Å². The van der Waals surface area contributed by atoms with Crippen LogP contribution in [-0.4, -0.2) is 29.3 Å². The first-order chi connectivity index (χ1) is 13.5. The van der Waals surface area contributed by atoms with E-state index in [1.54, 1.807) is 45.0 Å². The van der Waals surface area contributed by atoms with E-state index in [4.69, 9.17) is 7.48 Å². The number of benzene rings is 1. The number of hydrogen-bond donors (Lipinski definition) is 3. The number of hydrogen-bond acceptors (Lipinski definition) is 4. The Bertz CT molecular complexity index is 713. The van der Waals surface area contributed by atoms with Crippen LogP contribution >= 0.6 is 0 Å². The Kier molecular flexibility index (Phi) is 6.60. The van der Waals surface area contributed by atoms with E-state index in [1.165, 1.54) is 0 Å². The summed E-state index contributed by atoms with van der Waals surface area (Å²) >= 11 is 0. The maximum absolute atomic E-state index is 12.4. The predicted octanol–water partition coefficient (Wildman–Crippen LogP) is 4.15. The van der Waals surface area contributed by atoms with E-state index in [2.05, 4.69) is 10.6 Å². The van der Waals surface area contributed by atoms with E-state index in [-0.39, 0.29) is 11.8 Å². The van der Waals surface area contributed by atoms with E-state index < -0.39 is 30.7 Å². The minimum Gasteiger partial charge on any atom is -0.444 e. The quantitative estimate of drug-likeness (QED) is 0.694. The molecule has 0 heterocycles. The van der Waals surface area contributed by atoms with Gasteiger partial charge in [-0.2, -0.15) is 0 Å². The summed E-state index contributed by atoms with van der Waals surface area (Å²) in [6.45, 7) is 4.72. The molecule has 1 saturated carbocycles. The fourth-order valence-electron chi connectivity index (χ4n) is 3.05. The highest BCUT2D eigenvalue weighted by molar-refractivity contribution is 5.92. The third-order valence-electron chi connectivity index (χ3n) is 4.37. The summed E-state index contributed by atoms with van der Waals surface area (Å²) in [5.74, 6) is -0.0345. The van der Waals surface area contributed by atoms with E-state index in [9.17, 15) is 14.7 Å². The van der Waals surface area contributed by atoms with Gasteiger partial charge in [-0.1, -0.05) is 31.4 Å². The number of ether oxygens (including phenoxy) is 1. The van der Waals surface area contributed by atoms with Crippen molar-refractivity contribution in [1.82, 2.24) is 5.32 Å². The normalized spacial score (nSPS) is 18.1. The number of alkyl carbamates (subject to hydrolysis) is 1. The van der Waals surface area contributed by atoms with Gasteiger partial charge < -0.3 is 20.5 Å². The minimum absolute atomic E-state index is 0.00167. The van der Waals surface area contributed by atoms with Crippen LogP contribution in [0.3, 0.4) is 0 Å². The molecule has 6 heteroatoms. The molecule has 1 unspecified atom stereocenters. The third-order valence-corrected chi connectivity index (χ3v) is 4.37. The van der Waals surface area contributed by atoms with Gasteiger partial charge in [-0.05, 0) is 57.7 Å². The van der Waals surface area contributed by atoms with Crippen molar-refractivity contribution in [2.24, 2.45) is 5.92 Å². The van der Waals surface area contributed by atoms with Crippen molar-refractivity contribution >= 4 is 17.7 Å². The highest BCUT2D eigenvalue weighted by Gasteiger charge is 2.21. The monoisotopic (exact) mass is 378 g/mol. The number of carbonyl (C=O) groups excluding carboxylic acids is 2. The van der Waals surface area contributed by atoms with Gasteiger partial charge in [0.1, 0.15) is 5.60 Å². The highest BCUT2D eigenvalue weighted by Crippen LogP contribution is 2.26. The zero-order valence-electron chi connectivity index (χ0n) is 18.4. The number of amides is 2. The maximum Gasteiger partial charge on any atom is 0.407 e. The molecule has 3 N–H and O–H groups in total. The molecule has 1 atom stereocenters. The molecule has 0 spiro atoms. The maximum atomic E-state index is 12.4. The lowest BCUT2D eigenvalue weighted by molar-refractivity contribution is -0.120. The molecule has 2 amide bonds. The third kappa shape index (κ3) is 7.59. The SMILES string of the molecule is [2H]C([2H])(CNC(=O)OC(C)(C)C)C(O)c1cccc(NC(=O)C2CCCCC2)c1. The largest absolute Gasteiger partial charge is 0.444 e. The van der Waals surface area contributed by atoms with Crippen LogP contribution in [-0.2, 0) is 9.53 Å². The van der Waals surface area contributed by atoms with Crippen molar-refractivity contribution in [2.45, 2.75) is 71.0 Å². The fourth-order valence-corrected chi connectivity index (χ4v) is 3.05. The lowest BCUT2D eigenvalue weighted by Crippen LogP contribution is -2.33. The summed E-state index contributed by atoms with van der Waals surface area (Å²) in [6.07, 6.45) is 0.690. The van der Waals surface area contributed by atoms with Crippen molar-refractivity contribution in [2.75, 3.05) is 11.9 Å². The Balaban J connectivity index is 1.98. The molecular formula is C21H32N2O4. The Morgan fingerprint density at radius 1 is 1.30 bits per heavy atom. The molecule has 2 rings (SSSR count). The predicted molar refractivity (Wildman–Crippen MR) is 105 cm³/mol. The summed E-state index contributed by atoms with van der Waals surface area (Å²) in [7, 11) is 0. The van der Waals surface area contributed by atoms with Gasteiger partial charge in [0.2, 0.25) is 5.91 Å². The van der Waals surface area contributed by atoms with Crippen LogP contribution in [0.2, 0.25) is 0 Å². The van der Waals surface area contributed by atoms with Crippen LogP contribution < -0.4 is 10.6 Å². The number of aliphatic hydroxyl groups is 1.